The lowest BCUT2D eigenvalue weighted by Crippen LogP contribution is -2.51. The van der Waals surface area contributed by atoms with Crippen LogP contribution in [0.25, 0.3) is 0 Å². The van der Waals surface area contributed by atoms with Gasteiger partial charge in [-0.3, -0.25) is 4.79 Å². The number of hydrogen-bond donors (Lipinski definition) is 2. The van der Waals surface area contributed by atoms with E-state index >= 15 is 0 Å². The number of aliphatic hydroxyl groups is 1. The summed E-state index contributed by atoms with van der Waals surface area (Å²) in [6.45, 7) is 7.68. The molecule has 0 fully saturated rings. The highest BCUT2D eigenvalue weighted by molar-refractivity contribution is 6.12. The second kappa shape index (κ2) is 5.05. The van der Waals surface area contributed by atoms with Gasteiger partial charge in [0.2, 0.25) is 17.0 Å². The van der Waals surface area contributed by atoms with Crippen molar-refractivity contribution in [2.24, 2.45) is 0 Å². The molecule has 132 valence electrons. The number of ketones is 1. The highest BCUT2D eigenvalue weighted by atomic mass is 16.5. The zero-order valence-corrected chi connectivity index (χ0v) is 14.4. The minimum Gasteiger partial charge on any atom is -0.478 e. The van der Waals surface area contributed by atoms with E-state index in [1.165, 1.54) is 0 Å². The predicted molar refractivity (Wildman–Crippen MR) is 94.3 cm³/mol. The second-order valence-corrected chi connectivity index (χ2v) is 7.06. The highest BCUT2D eigenvalue weighted by Crippen LogP contribution is 2.62. The molecule has 0 saturated carbocycles. The SMILES string of the molecule is C=C(C(=O)O)C12Oc3cc(C(C)C)ccc3C1(O)C(=O)c1ccccc12. The third-order valence-electron chi connectivity index (χ3n) is 5.40. The van der Waals surface area contributed by atoms with E-state index in [4.69, 9.17) is 4.74 Å². The monoisotopic (exact) mass is 350 g/mol. The molecule has 1 aliphatic heterocycles. The van der Waals surface area contributed by atoms with Crippen LogP contribution in [0.1, 0.15) is 46.8 Å². The van der Waals surface area contributed by atoms with Crippen molar-refractivity contribution < 1.29 is 24.5 Å². The molecule has 1 aliphatic carbocycles. The first kappa shape index (κ1) is 16.5. The molecule has 26 heavy (non-hydrogen) atoms. The topological polar surface area (TPSA) is 83.8 Å². The summed E-state index contributed by atoms with van der Waals surface area (Å²) in [5.74, 6) is -1.39. The molecule has 2 aromatic carbocycles. The number of ether oxygens (including phenoxy) is 1. The average Bonchev–Trinajstić information content (AvgIpc) is 2.99. The third kappa shape index (κ3) is 1.68. The van der Waals surface area contributed by atoms with Gasteiger partial charge in [0.15, 0.2) is 0 Å². The zero-order valence-electron chi connectivity index (χ0n) is 14.4. The van der Waals surface area contributed by atoms with E-state index in [1.807, 2.05) is 19.9 Å². The molecular formula is C21H18O5. The Morgan fingerprint density at radius 1 is 1.15 bits per heavy atom. The van der Waals surface area contributed by atoms with Crippen LogP contribution in [0, 0.1) is 0 Å². The maximum absolute atomic E-state index is 13.1. The standard InChI is InChI=1S/C21H18O5/c1-11(2)13-8-9-16-17(10-13)26-21(12(3)19(23)24)15-7-5-4-6-14(15)18(22)20(16,21)25/h4-11,25H,3H2,1-2H3,(H,23,24). The molecule has 2 unspecified atom stereocenters. The first-order valence-corrected chi connectivity index (χ1v) is 8.38. The Kier molecular flexibility index (Phi) is 3.21. The van der Waals surface area contributed by atoms with Crippen LogP contribution in [0.15, 0.2) is 54.6 Å². The summed E-state index contributed by atoms with van der Waals surface area (Å²) >= 11 is 0. The molecule has 4 rings (SSSR count). The number of hydrogen-bond acceptors (Lipinski definition) is 4. The molecule has 0 spiro atoms. The van der Waals surface area contributed by atoms with Crippen molar-refractivity contribution in [3.8, 4) is 5.75 Å². The van der Waals surface area contributed by atoms with Crippen LogP contribution in [-0.2, 0) is 16.0 Å². The van der Waals surface area contributed by atoms with Crippen LogP contribution >= 0.6 is 0 Å². The Hall–Kier alpha value is -2.92. The van der Waals surface area contributed by atoms with Crippen molar-refractivity contribution >= 4 is 11.8 Å². The van der Waals surface area contributed by atoms with Gasteiger partial charge in [0.25, 0.3) is 0 Å². The molecule has 2 aliphatic rings. The van der Waals surface area contributed by atoms with Gasteiger partial charge in [0.05, 0.1) is 5.57 Å². The molecule has 5 heteroatoms. The molecule has 0 radical (unpaired) electrons. The Balaban J connectivity index is 2.06. The van der Waals surface area contributed by atoms with E-state index in [0.717, 1.165) is 5.56 Å². The summed E-state index contributed by atoms with van der Waals surface area (Å²) in [6.07, 6.45) is 0. The zero-order chi connectivity index (χ0) is 18.9. The predicted octanol–water partition coefficient (Wildman–Crippen LogP) is 3.12. The summed E-state index contributed by atoms with van der Waals surface area (Å²) in [5.41, 5.74) is -2.60. The molecule has 0 aromatic heterocycles. The van der Waals surface area contributed by atoms with E-state index in [9.17, 15) is 19.8 Å². The van der Waals surface area contributed by atoms with Gasteiger partial charge in [-0.05, 0) is 17.5 Å². The van der Waals surface area contributed by atoms with E-state index in [0.29, 0.717) is 11.3 Å². The van der Waals surface area contributed by atoms with Crippen LogP contribution in [0.2, 0.25) is 0 Å². The van der Waals surface area contributed by atoms with Gasteiger partial charge in [-0.2, -0.15) is 0 Å². The van der Waals surface area contributed by atoms with Crippen LogP contribution in [-0.4, -0.2) is 22.0 Å². The summed E-state index contributed by atoms with van der Waals surface area (Å²) in [5, 5.41) is 21.2. The van der Waals surface area contributed by atoms with Crippen LogP contribution in [0.4, 0.5) is 0 Å². The van der Waals surface area contributed by atoms with Crippen LogP contribution in [0.3, 0.4) is 0 Å². The normalized spacial score (nSPS) is 25.5. The van der Waals surface area contributed by atoms with Crippen molar-refractivity contribution in [1.82, 2.24) is 0 Å². The molecule has 0 saturated heterocycles. The fourth-order valence-electron chi connectivity index (χ4n) is 4.02. The van der Waals surface area contributed by atoms with Crippen molar-refractivity contribution in [3.05, 3.63) is 76.9 Å². The maximum atomic E-state index is 13.1. The number of carbonyl (C=O) groups excluding carboxylic acids is 1. The number of benzene rings is 2. The van der Waals surface area contributed by atoms with Crippen LogP contribution in [0.5, 0.6) is 5.75 Å². The molecule has 2 aromatic rings. The van der Waals surface area contributed by atoms with Crippen molar-refractivity contribution in [2.75, 3.05) is 0 Å². The quantitative estimate of drug-likeness (QED) is 0.831. The third-order valence-corrected chi connectivity index (χ3v) is 5.40. The largest absolute Gasteiger partial charge is 0.478 e. The summed E-state index contributed by atoms with van der Waals surface area (Å²) < 4.78 is 6.08. The van der Waals surface area contributed by atoms with E-state index < -0.39 is 23.0 Å². The van der Waals surface area contributed by atoms with Crippen LogP contribution < -0.4 is 4.74 Å². The van der Waals surface area contributed by atoms with Crippen molar-refractivity contribution in [1.29, 1.82) is 0 Å². The minimum absolute atomic E-state index is 0.209. The lowest BCUT2D eigenvalue weighted by molar-refractivity contribution is -0.138. The van der Waals surface area contributed by atoms with E-state index in [1.54, 1.807) is 36.4 Å². The Morgan fingerprint density at radius 2 is 1.85 bits per heavy atom. The van der Waals surface area contributed by atoms with Gasteiger partial charge in [0.1, 0.15) is 5.75 Å². The summed E-state index contributed by atoms with van der Waals surface area (Å²) in [7, 11) is 0. The molecule has 5 nitrogen and oxygen atoms in total. The highest BCUT2D eigenvalue weighted by Gasteiger charge is 2.72. The van der Waals surface area contributed by atoms with Gasteiger partial charge < -0.3 is 14.9 Å². The van der Waals surface area contributed by atoms with Gasteiger partial charge >= 0.3 is 5.97 Å². The van der Waals surface area contributed by atoms with Gasteiger partial charge in [-0.15, -0.1) is 0 Å². The number of carboxylic acids is 1. The van der Waals surface area contributed by atoms with Crippen molar-refractivity contribution in [3.63, 3.8) is 0 Å². The lowest BCUT2D eigenvalue weighted by atomic mass is 9.75. The maximum Gasteiger partial charge on any atom is 0.335 e. The number of aliphatic carboxylic acids is 1. The smallest absolute Gasteiger partial charge is 0.335 e. The molecule has 0 bridgehead atoms. The molecule has 2 N–H and O–H groups in total. The molecule has 2 atom stereocenters. The first-order valence-electron chi connectivity index (χ1n) is 8.38. The minimum atomic E-state index is -2.16. The summed E-state index contributed by atoms with van der Waals surface area (Å²) in [4.78, 5) is 25.0. The van der Waals surface area contributed by atoms with E-state index in [-0.39, 0.29) is 22.6 Å². The first-order chi connectivity index (χ1) is 12.2. The van der Waals surface area contributed by atoms with Gasteiger partial charge in [-0.25, -0.2) is 4.79 Å². The Bertz CT molecular complexity index is 990. The fourth-order valence-corrected chi connectivity index (χ4v) is 4.02. The van der Waals surface area contributed by atoms with E-state index in [2.05, 4.69) is 6.58 Å². The number of fused-ring (bicyclic) bond motifs is 5. The Morgan fingerprint density at radius 3 is 2.50 bits per heavy atom. The second-order valence-electron chi connectivity index (χ2n) is 7.06. The number of carbonyl (C=O) groups is 2. The number of rotatable bonds is 3. The number of carboxylic acid groups (broad SMARTS) is 1. The molecule has 1 heterocycles. The van der Waals surface area contributed by atoms with Gasteiger partial charge in [0, 0.05) is 16.7 Å². The van der Waals surface area contributed by atoms with Crippen molar-refractivity contribution in [2.45, 2.75) is 31.0 Å². The van der Waals surface area contributed by atoms with Gasteiger partial charge in [-0.1, -0.05) is 56.8 Å². The average molecular weight is 350 g/mol. The molecule has 0 amide bonds. The molecular weight excluding hydrogens is 332 g/mol. The lowest BCUT2D eigenvalue weighted by Gasteiger charge is -2.34. The number of Topliss-reactive ketones (excluding diaryl/α,β-unsaturated/α-hetero) is 1. The Labute approximate surface area is 150 Å². The fraction of sp³-hybridized carbons (Fsp3) is 0.238. The summed E-state index contributed by atoms with van der Waals surface area (Å²) in [6, 6.07) is 11.7.